The first-order chi connectivity index (χ1) is 38.9. The van der Waals surface area contributed by atoms with Crippen molar-refractivity contribution in [2.45, 2.75) is 145 Å². The molecule has 1 saturated heterocycles. The van der Waals surface area contributed by atoms with Crippen LogP contribution in [-0.2, 0) is 60.1 Å². The number of hydrogen-bond donors (Lipinski definition) is 17. The van der Waals surface area contributed by atoms with Crippen molar-refractivity contribution in [3.05, 3.63) is 70.7 Å². The maximum absolute atomic E-state index is 14.4. The van der Waals surface area contributed by atoms with E-state index in [-0.39, 0.29) is 63.4 Å². The minimum Gasteiger partial charge on any atom is -0.391 e. The molecule has 1 aliphatic rings. The van der Waals surface area contributed by atoms with E-state index in [0.717, 1.165) is 5.56 Å². The molecular weight excluding hydrogens is 1130 g/mol. The van der Waals surface area contributed by atoms with Crippen LogP contribution >= 0.6 is 33.2 Å². The Morgan fingerprint density at radius 3 is 1.70 bits per heavy atom. The maximum Gasteiger partial charge on any atom is 0.245 e. The third-order valence-corrected chi connectivity index (χ3v) is 15.3. The molecule has 0 radical (unpaired) electrons. The van der Waals surface area contributed by atoms with Crippen LogP contribution in [-0.4, -0.2) is 180 Å². The lowest BCUT2D eigenvalue weighted by atomic mass is 10.00. The van der Waals surface area contributed by atoms with Gasteiger partial charge in [-0.15, -0.1) is 0 Å². The third kappa shape index (κ3) is 24.0. The normalized spacial score (nSPS) is 22.9. The van der Waals surface area contributed by atoms with E-state index in [9.17, 15) is 58.2 Å². The van der Waals surface area contributed by atoms with Crippen LogP contribution in [0.2, 0.25) is 5.02 Å². The first-order valence-corrected chi connectivity index (χ1v) is 29.8. The van der Waals surface area contributed by atoms with Crippen molar-refractivity contribution >= 4 is 92.3 Å². The Balaban J connectivity index is 2.01. The van der Waals surface area contributed by atoms with E-state index in [1.54, 1.807) is 62.4 Å². The van der Waals surface area contributed by atoms with E-state index in [1.807, 2.05) is 6.07 Å². The number of amides is 10. The van der Waals surface area contributed by atoms with Crippen molar-refractivity contribution in [1.29, 1.82) is 0 Å². The van der Waals surface area contributed by atoms with E-state index >= 15 is 0 Å². The van der Waals surface area contributed by atoms with Gasteiger partial charge in [-0.25, -0.2) is 0 Å². The van der Waals surface area contributed by atoms with Crippen LogP contribution in [0.5, 0.6) is 0 Å². The molecule has 22 N–H and O–H groups in total. The molecule has 3 rings (SSSR count). The summed E-state index contributed by atoms with van der Waals surface area (Å²) in [4.78, 5) is 140. The van der Waals surface area contributed by atoms with Crippen LogP contribution < -0.4 is 81.8 Å². The highest BCUT2D eigenvalue weighted by Gasteiger charge is 2.37. The van der Waals surface area contributed by atoms with Gasteiger partial charge < -0.3 is 92.0 Å². The van der Waals surface area contributed by atoms with E-state index in [1.165, 1.54) is 35.4 Å². The molecule has 2 aromatic rings. The van der Waals surface area contributed by atoms with Gasteiger partial charge in [0.1, 0.15) is 54.4 Å². The molecule has 456 valence electrons. The summed E-state index contributed by atoms with van der Waals surface area (Å²) in [6.07, 6.45) is -4.13. The highest BCUT2D eigenvalue weighted by atomic mass is 35.5. The molecule has 1 aliphatic heterocycles. The van der Waals surface area contributed by atoms with Gasteiger partial charge in [-0.1, -0.05) is 89.5 Å². The maximum atomic E-state index is 14.4. The topological polar surface area (TPSA) is 462 Å². The molecule has 27 nitrogen and oxygen atoms in total. The first-order valence-electron chi connectivity index (χ1n) is 26.9. The second-order valence-corrected chi connectivity index (χ2v) is 23.0. The van der Waals surface area contributed by atoms with Gasteiger partial charge in [-0.05, 0) is 94.8 Å². The van der Waals surface area contributed by atoms with Gasteiger partial charge in [0.2, 0.25) is 59.1 Å². The summed E-state index contributed by atoms with van der Waals surface area (Å²) in [6, 6.07) is 1.06. The summed E-state index contributed by atoms with van der Waals surface area (Å²) < 4.78 is 0. The number of nitrogens with one attached hydrogen (secondary N) is 10. The minimum atomic E-state index is -1.68. The van der Waals surface area contributed by atoms with Gasteiger partial charge >= 0.3 is 0 Å². The molecule has 1 heterocycles. The lowest BCUT2D eigenvalue weighted by molar-refractivity contribution is -0.136. The quantitative estimate of drug-likeness (QED) is 0.0348. The largest absolute Gasteiger partial charge is 0.391 e. The van der Waals surface area contributed by atoms with E-state index in [4.69, 9.17) is 40.3 Å². The SMILES string of the molecule is CC(C)C[C@@H]1NC(=O)[C@@H](Cc2ccccc2)NC(=O)[C@H](CCN)NC(=O)[C@@H](NC(=O)[C@H](CN)NC(=O)[C@@H](NC(=O)[C@H](N)CSSCc2cccc(Cl)c2)[C@@H](C)O)CCNC(=O)[C@H]([C@@H](C)O)NC(=O)[C@H](CCN)NC(=O)[C@H](CCN)NC1=O. The second-order valence-electron chi connectivity index (χ2n) is 20.0. The zero-order valence-electron chi connectivity index (χ0n) is 46.5. The van der Waals surface area contributed by atoms with Crippen LogP contribution in [0.15, 0.2) is 54.6 Å². The number of hydrogen-bond acceptors (Lipinski definition) is 19. The van der Waals surface area contributed by atoms with Crippen molar-refractivity contribution in [1.82, 2.24) is 53.2 Å². The first kappa shape index (κ1) is 70.1. The Labute approximate surface area is 489 Å². The van der Waals surface area contributed by atoms with Crippen LogP contribution in [0.3, 0.4) is 0 Å². The van der Waals surface area contributed by atoms with Gasteiger partial charge in [-0.3, -0.25) is 47.9 Å². The van der Waals surface area contributed by atoms with Crippen LogP contribution in [0, 0.1) is 5.92 Å². The van der Waals surface area contributed by atoms with Gasteiger partial charge in [0.25, 0.3) is 0 Å². The zero-order chi connectivity index (χ0) is 61.1. The fourth-order valence-electron chi connectivity index (χ4n) is 8.17. The summed E-state index contributed by atoms with van der Waals surface area (Å²) in [7, 11) is 2.70. The van der Waals surface area contributed by atoms with Crippen LogP contribution in [0.4, 0.5) is 0 Å². The van der Waals surface area contributed by atoms with E-state index < -0.39 is 151 Å². The minimum absolute atomic E-state index is 0.0492. The molecule has 0 bridgehead atoms. The molecule has 2 aromatic carbocycles. The summed E-state index contributed by atoms with van der Waals surface area (Å²) in [5.41, 5.74) is 31.3. The van der Waals surface area contributed by atoms with Gasteiger partial charge in [0.15, 0.2) is 0 Å². The van der Waals surface area contributed by atoms with Crippen molar-refractivity contribution in [2.75, 3.05) is 38.5 Å². The predicted molar refractivity (Wildman–Crippen MR) is 311 cm³/mol. The molecule has 1 fully saturated rings. The molecule has 30 heteroatoms. The average molecular weight is 1210 g/mol. The van der Waals surface area contributed by atoms with Crippen LogP contribution in [0.25, 0.3) is 0 Å². The Kier molecular flexibility index (Phi) is 31.2. The average Bonchev–Trinajstić information content (AvgIpc) is 3.42. The highest BCUT2D eigenvalue weighted by Crippen LogP contribution is 2.27. The molecule has 0 aromatic heterocycles. The number of benzene rings is 2. The number of nitrogens with two attached hydrogens (primary N) is 5. The van der Waals surface area contributed by atoms with Crippen molar-refractivity contribution < 1.29 is 58.2 Å². The standard InChI is InChI=1S/C52H82ClN15O12S2/c1-27(2)21-38-48(76)62-34(13-17-54)44(72)61-36(15-19-56)47(75)68-41(28(3)69)51(79)59-20-16-37(46(74)60-35(14-18-55)45(73)65-39(49(77)64-38)23-30-9-6-5-7-10-30)63-50(78)40(24-57)66-52(80)42(29(4)70)67-43(71)33(58)26-82-81-25-31-11-8-12-32(53)22-31/h5-12,22,27-29,33-42,69-70H,13-21,23-26,54-58H2,1-4H3,(H,59,79)(H,60,74)(H,61,72)(H,62,76)(H,63,78)(H,64,77)(H,65,73)(H,66,80)(H,67,71)(H,68,75)/t28-,29-,33-,34+,35+,36+,37+,38+,39-,40+,41+,42+/m1/s1. The molecule has 0 spiro atoms. The highest BCUT2D eigenvalue weighted by molar-refractivity contribution is 8.76. The summed E-state index contributed by atoms with van der Waals surface area (Å²) >= 11 is 6.07. The number of aliphatic hydroxyl groups is 2. The van der Waals surface area contributed by atoms with E-state index in [0.29, 0.717) is 16.3 Å². The van der Waals surface area contributed by atoms with Gasteiger partial charge in [0.05, 0.1) is 18.2 Å². The molecule has 82 heavy (non-hydrogen) atoms. The number of carbonyl (C=O) groups is 10. The molecule has 12 atom stereocenters. The van der Waals surface area contributed by atoms with Crippen LogP contribution in [0.1, 0.15) is 70.9 Å². The fraction of sp³-hybridized carbons (Fsp3) is 0.577. The second kappa shape index (κ2) is 36.4. The molecule has 0 aliphatic carbocycles. The predicted octanol–water partition coefficient (Wildman–Crippen LogP) is -4.51. The fourth-order valence-corrected chi connectivity index (χ4v) is 10.6. The Morgan fingerprint density at radius 1 is 0.634 bits per heavy atom. The summed E-state index contributed by atoms with van der Waals surface area (Å²) in [5, 5.41) is 47.1. The summed E-state index contributed by atoms with van der Waals surface area (Å²) in [5.74, 6) is -8.83. The smallest absolute Gasteiger partial charge is 0.245 e. The van der Waals surface area contributed by atoms with Crippen molar-refractivity contribution in [3.63, 3.8) is 0 Å². The van der Waals surface area contributed by atoms with Crippen molar-refractivity contribution in [2.24, 2.45) is 34.6 Å². The lowest BCUT2D eigenvalue weighted by Crippen LogP contribution is -2.62. The molecule has 0 unspecified atom stereocenters. The Morgan fingerprint density at radius 2 is 1.16 bits per heavy atom. The lowest BCUT2D eigenvalue weighted by Gasteiger charge is -2.28. The molecular formula is C52H82ClN15O12S2. The number of carbonyl (C=O) groups excluding carboxylic acids is 10. The van der Waals surface area contributed by atoms with Crippen molar-refractivity contribution in [3.8, 4) is 0 Å². The van der Waals surface area contributed by atoms with E-state index in [2.05, 4.69) is 53.2 Å². The Hall–Kier alpha value is -6.15. The third-order valence-electron chi connectivity index (χ3n) is 12.7. The number of rotatable bonds is 24. The summed E-state index contributed by atoms with van der Waals surface area (Å²) in [6.45, 7) is 4.49. The molecule has 10 amide bonds. The zero-order valence-corrected chi connectivity index (χ0v) is 48.8. The van der Waals surface area contributed by atoms with Gasteiger partial charge in [0, 0.05) is 36.0 Å². The number of aliphatic hydroxyl groups excluding tert-OH is 2. The monoisotopic (exact) mass is 1210 g/mol. The van der Waals surface area contributed by atoms with Gasteiger partial charge in [-0.2, -0.15) is 0 Å². The Bertz CT molecular complexity index is 2450. The number of halogens is 1. The molecule has 0 saturated carbocycles.